The summed E-state index contributed by atoms with van der Waals surface area (Å²) in [5.41, 5.74) is 1.24. The van der Waals surface area contributed by atoms with E-state index in [4.69, 9.17) is 9.47 Å². The van der Waals surface area contributed by atoms with E-state index in [9.17, 15) is 4.79 Å². The van der Waals surface area contributed by atoms with Crippen LogP contribution >= 0.6 is 0 Å². The van der Waals surface area contributed by atoms with Crippen LogP contribution < -0.4 is 4.74 Å². The third-order valence-corrected chi connectivity index (χ3v) is 2.45. The first-order valence-corrected chi connectivity index (χ1v) is 5.61. The molecule has 0 saturated heterocycles. The smallest absolute Gasteiger partial charge is 0.341 e. The molecule has 18 heavy (non-hydrogen) atoms. The number of methoxy groups -OCH3 is 1. The van der Waals surface area contributed by atoms with E-state index in [1.165, 1.54) is 7.11 Å². The van der Waals surface area contributed by atoms with Crippen LogP contribution in [0.1, 0.15) is 17.3 Å². The summed E-state index contributed by atoms with van der Waals surface area (Å²) in [4.78, 5) is 11.7. The number of rotatable bonds is 4. The van der Waals surface area contributed by atoms with Crippen molar-refractivity contribution in [3.8, 4) is 11.4 Å². The fourth-order valence-corrected chi connectivity index (χ4v) is 1.62. The molecule has 2 rings (SSSR count). The fourth-order valence-electron chi connectivity index (χ4n) is 1.62. The van der Waals surface area contributed by atoms with E-state index in [0.29, 0.717) is 17.9 Å². The van der Waals surface area contributed by atoms with Crippen molar-refractivity contribution in [2.45, 2.75) is 6.92 Å². The molecular formula is C13H14N2O3. The molecule has 0 aliphatic rings. The van der Waals surface area contributed by atoms with Crippen molar-refractivity contribution in [2.75, 3.05) is 13.7 Å². The van der Waals surface area contributed by atoms with E-state index >= 15 is 0 Å². The van der Waals surface area contributed by atoms with Gasteiger partial charge in [-0.15, -0.1) is 0 Å². The highest BCUT2D eigenvalue weighted by molar-refractivity contribution is 5.92. The molecule has 0 radical (unpaired) electrons. The molecule has 94 valence electrons. The Hall–Kier alpha value is -2.30. The molecule has 5 nitrogen and oxygen atoms in total. The van der Waals surface area contributed by atoms with Gasteiger partial charge in [0.15, 0.2) is 0 Å². The summed E-state index contributed by atoms with van der Waals surface area (Å²) in [6.45, 7) is 2.10. The zero-order valence-corrected chi connectivity index (χ0v) is 10.3. The van der Waals surface area contributed by atoms with Gasteiger partial charge >= 0.3 is 5.97 Å². The van der Waals surface area contributed by atoms with E-state index in [-0.39, 0.29) is 5.97 Å². The van der Waals surface area contributed by atoms with Crippen molar-refractivity contribution >= 4 is 5.97 Å². The van der Waals surface area contributed by atoms with E-state index in [1.54, 1.807) is 36.0 Å². The van der Waals surface area contributed by atoms with Crippen molar-refractivity contribution in [1.82, 2.24) is 9.78 Å². The minimum absolute atomic E-state index is 0.336. The van der Waals surface area contributed by atoms with E-state index in [0.717, 1.165) is 5.69 Å². The van der Waals surface area contributed by atoms with Crippen molar-refractivity contribution in [2.24, 2.45) is 0 Å². The molecule has 0 aliphatic heterocycles. The maximum Gasteiger partial charge on any atom is 0.341 e. The van der Waals surface area contributed by atoms with Crippen molar-refractivity contribution in [3.05, 3.63) is 42.2 Å². The van der Waals surface area contributed by atoms with Crippen LogP contribution in [0.5, 0.6) is 5.75 Å². The van der Waals surface area contributed by atoms with Gasteiger partial charge in [-0.25, -0.2) is 9.48 Å². The van der Waals surface area contributed by atoms with Crippen LogP contribution in [0.4, 0.5) is 0 Å². The molecule has 0 bridgehead atoms. The quantitative estimate of drug-likeness (QED) is 0.775. The van der Waals surface area contributed by atoms with Crippen LogP contribution in [0, 0.1) is 0 Å². The lowest BCUT2D eigenvalue weighted by Gasteiger charge is -2.10. The van der Waals surface area contributed by atoms with Crippen molar-refractivity contribution in [1.29, 1.82) is 0 Å². The highest BCUT2D eigenvalue weighted by Gasteiger charge is 2.14. The number of hydrogen-bond acceptors (Lipinski definition) is 4. The molecule has 1 heterocycles. The molecule has 0 atom stereocenters. The monoisotopic (exact) mass is 246 g/mol. The SMILES string of the molecule is CCOC(=O)c1ccc(-n2cccn2)cc1OC. The van der Waals surface area contributed by atoms with Gasteiger partial charge < -0.3 is 9.47 Å². The number of carbonyl (C=O) groups excluding carboxylic acids is 1. The number of nitrogens with zero attached hydrogens (tertiary/aromatic N) is 2. The second-order valence-electron chi connectivity index (χ2n) is 3.56. The normalized spacial score (nSPS) is 10.1. The van der Waals surface area contributed by atoms with Gasteiger partial charge in [-0.3, -0.25) is 0 Å². The Morgan fingerprint density at radius 3 is 2.89 bits per heavy atom. The molecule has 0 aliphatic carbocycles. The summed E-state index contributed by atoms with van der Waals surface area (Å²) in [6, 6.07) is 7.04. The molecular weight excluding hydrogens is 232 g/mol. The Morgan fingerprint density at radius 1 is 1.44 bits per heavy atom. The molecule has 0 unspecified atom stereocenters. The maximum absolute atomic E-state index is 11.7. The van der Waals surface area contributed by atoms with E-state index < -0.39 is 0 Å². The Bertz CT molecular complexity index is 535. The van der Waals surface area contributed by atoms with Gasteiger partial charge in [0.25, 0.3) is 0 Å². The predicted molar refractivity (Wildman–Crippen MR) is 66.1 cm³/mol. The molecule has 1 aromatic carbocycles. The second kappa shape index (κ2) is 5.35. The average Bonchev–Trinajstić information content (AvgIpc) is 2.92. The largest absolute Gasteiger partial charge is 0.496 e. The number of carbonyl (C=O) groups is 1. The summed E-state index contributed by atoms with van der Waals surface area (Å²) in [6.07, 6.45) is 3.50. The maximum atomic E-state index is 11.7. The molecule has 0 saturated carbocycles. The lowest BCUT2D eigenvalue weighted by molar-refractivity contribution is 0.0523. The first kappa shape index (κ1) is 12.2. The molecule has 0 amide bonds. The number of esters is 1. The second-order valence-corrected chi connectivity index (χ2v) is 3.56. The number of benzene rings is 1. The topological polar surface area (TPSA) is 53.4 Å². The summed E-state index contributed by atoms with van der Waals surface area (Å²) >= 11 is 0. The number of ether oxygens (including phenoxy) is 2. The standard InChI is InChI=1S/C13H14N2O3/c1-3-18-13(16)11-6-5-10(9-12(11)17-2)15-8-4-7-14-15/h4-9H,3H2,1-2H3. The van der Waals surface area contributed by atoms with E-state index in [2.05, 4.69) is 5.10 Å². The van der Waals surface area contributed by atoms with Gasteiger partial charge in [-0.05, 0) is 25.1 Å². The Labute approximate surface area is 105 Å². The minimum Gasteiger partial charge on any atom is -0.496 e. The fraction of sp³-hybridized carbons (Fsp3) is 0.231. The van der Waals surface area contributed by atoms with Crippen LogP contribution in [0.25, 0.3) is 5.69 Å². The highest BCUT2D eigenvalue weighted by Crippen LogP contribution is 2.22. The molecule has 1 aromatic heterocycles. The van der Waals surface area contributed by atoms with Crippen LogP contribution in [-0.2, 0) is 4.74 Å². The lowest BCUT2D eigenvalue weighted by Crippen LogP contribution is -2.07. The van der Waals surface area contributed by atoms with Gasteiger partial charge in [-0.2, -0.15) is 5.10 Å². The van der Waals surface area contributed by atoms with Crippen LogP contribution in [-0.4, -0.2) is 29.5 Å². The summed E-state index contributed by atoms with van der Waals surface area (Å²) in [5, 5.41) is 4.12. The van der Waals surface area contributed by atoms with Gasteiger partial charge in [0.2, 0.25) is 0 Å². The Morgan fingerprint density at radius 2 is 2.28 bits per heavy atom. The average molecular weight is 246 g/mol. The minimum atomic E-state index is -0.388. The third-order valence-electron chi connectivity index (χ3n) is 2.45. The lowest BCUT2D eigenvalue weighted by atomic mass is 10.2. The highest BCUT2D eigenvalue weighted by atomic mass is 16.5. The predicted octanol–water partition coefficient (Wildman–Crippen LogP) is 2.06. The first-order valence-electron chi connectivity index (χ1n) is 5.61. The molecule has 0 fully saturated rings. The van der Waals surface area contributed by atoms with Crippen molar-refractivity contribution in [3.63, 3.8) is 0 Å². The molecule has 5 heteroatoms. The van der Waals surface area contributed by atoms with Crippen LogP contribution in [0.3, 0.4) is 0 Å². The summed E-state index contributed by atoms with van der Waals surface area (Å²) in [5.74, 6) is 0.0859. The zero-order valence-electron chi connectivity index (χ0n) is 10.3. The number of aromatic nitrogens is 2. The third kappa shape index (κ3) is 2.34. The number of hydrogen-bond donors (Lipinski definition) is 0. The van der Waals surface area contributed by atoms with Crippen LogP contribution in [0.15, 0.2) is 36.7 Å². The van der Waals surface area contributed by atoms with Gasteiger partial charge in [-0.1, -0.05) is 0 Å². The van der Waals surface area contributed by atoms with Gasteiger partial charge in [0.05, 0.1) is 19.4 Å². The van der Waals surface area contributed by atoms with Crippen molar-refractivity contribution < 1.29 is 14.3 Å². The first-order chi connectivity index (χ1) is 8.76. The molecule has 0 N–H and O–H groups in total. The molecule has 2 aromatic rings. The van der Waals surface area contributed by atoms with Gasteiger partial charge in [0, 0.05) is 18.5 Å². The van der Waals surface area contributed by atoms with Gasteiger partial charge in [0.1, 0.15) is 11.3 Å². The zero-order chi connectivity index (χ0) is 13.0. The Kier molecular flexibility index (Phi) is 3.62. The Balaban J connectivity index is 2.37. The van der Waals surface area contributed by atoms with E-state index in [1.807, 2.05) is 12.3 Å². The summed E-state index contributed by atoms with van der Waals surface area (Å²) in [7, 11) is 1.52. The molecule has 0 spiro atoms. The van der Waals surface area contributed by atoms with Crippen LogP contribution in [0.2, 0.25) is 0 Å². The summed E-state index contributed by atoms with van der Waals surface area (Å²) < 4.78 is 11.9.